The molecule has 5 rings (SSSR count). The number of aliphatic imine (C=N–C) groups is 1. The van der Waals surface area contributed by atoms with Crippen LogP contribution in [0.2, 0.25) is 5.02 Å². The number of amides is 1. The smallest absolute Gasteiger partial charge is 0.222 e. The average Bonchev–Trinajstić information content (AvgIpc) is 3.17. The van der Waals surface area contributed by atoms with Gasteiger partial charge in [0.25, 0.3) is 0 Å². The first-order chi connectivity index (χ1) is 16.5. The van der Waals surface area contributed by atoms with Crippen LogP contribution in [0, 0.1) is 6.92 Å². The summed E-state index contributed by atoms with van der Waals surface area (Å²) >= 11 is 6.16. The van der Waals surface area contributed by atoms with Crippen molar-refractivity contribution in [1.29, 1.82) is 0 Å². The van der Waals surface area contributed by atoms with Crippen molar-refractivity contribution in [2.45, 2.75) is 57.5 Å². The molecule has 0 bridgehead atoms. The molecular weight excluding hydrogens is 450 g/mol. The molecule has 1 aromatic heterocycles. The van der Waals surface area contributed by atoms with Gasteiger partial charge >= 0.3 is 0 Å². The summed E-state index contributed by atoms with van der Waals surface area (Å²) in [5.74, 6) is 2.12. The van der Waals surface area contributed by atoms with Crippen molar-refractivity contribution in [3.05, 3.63) is 70.3 Å². The largest absolute Gasteiger partial charge is 0.497 e. The van der Waals surface area contributed by atoms with Gasteiger partial charge in [0.15, 0.2) is 5.82 Å². The summed E-state index contributed by atoms with van der Waals surface area (Å²) in [6, 6.07) is 13.2. The zero-order valence-electron chi connectivity index (χ0n) is 19.4. The molecule has 7 nitrogen and oxygen atoms in total. The molecule has 176 valence electrons. The first-order valence-electron chi connectivity index (χ1n) is 11.8. The number of fused-ring (bicyclic) bond motifs is 3. The van der Waals surface area contributed by atoms with Crippen molar-refractivity contribution >= 4 is 23.2 Å². The van der Waals surface area contributed by atoms with Gasteiger partial charge in [0.2, 0.25) is 5.91 Å². The summed E-state index contributed by atoms with van der Waals surface area (Å²) in [4.78, 5) is 18.2. The number of ether oxygens (including phenoxy) is 1. The molecule has 1 N–H and O–H groups in total. The monoisotopic (exact) mass is 477 g/mol. The molecule has 8 heteroatoms. The molecule has 3 aromatic rings. The lowest BCUT2D eigenvalue weighted by Crippen LogP contribution is -2.36. The minimum absolute atomic E-state index is 0.00755. The van der Waals surface area contributed by atoms with E-state index in [1.54, 1.807) is 7.11 Å². The maximum atomic E-state index is 13.1. The van der Waals surface area contributed by atoms with Crippen LogP contribution < -0.4 is 10.1 Å². The fourth-order valence-corrected chi connectivity index (χ4v) is 5.01. The normalized spacial score (nSPS) is 17.9. The molecule has 2 aliphatic rings. The number of aromatic nitrogens is 3. The third-order valence-electron chi connectivity index (χ3n) is 6.60. The van der Waals surface area contributed by atoms with Crippen LogP contribution >= 0.6 is 11.6 Å². The first kappa shape index (κ1) is 22.6. The van der Waals surface area contributed by atoms with Crippen molar-refractivity contribution in [2.24, 2.45) is 4.99 Å². The number of hydrogen-bond acceptors (Lipinski definition) is 5. The average molecular weight is 478 g/mol. The van der Waals surface area contributed by atoms with Crippen LogP contribution in [0.5, 0.6) is 5.75 Å². The van der Waals surface area contributed by atoms with Crippen molar-refractivity contribution < 1.29 is 9.53 Å². The zero-order chi connectivity index (χ0) is 23.7. The molecule has 2 aromatic carbocycles. The van der Waals surface area contributed by atoms with Gasteiger partial charge in [-0.1, -0.05) is 43.0 Å². The van der Waals surface area contributed by atoms with E-state index < -0.39 is 6.04 Å². The number of carbonyl (C=O) groups is 1. The van der Waals surface area contributed by atoms with Gasteiger partial charge in [0.05, 0.1) is 24.9 Å². The van der Waals surface area contributed by atoms with Crippen LogP contribution in [-0.4, -0.2) is 39.5 Å². The van der Waals surface area contributed by atoms with E-state index in [1.165, 1.54) is 6.42 Å². The maximum Gasteiger partial charge on any atom is 0.222 e. The number of benzene rings is 2. The Balaban J connectivity index is 1.59. The molecule has 1 amide bonds. The van der Waals surface area contributed by atoms with Crippen LogP contribution in [0.3, 0.4) is 0 Å². The quantitative estimate of drug-likeness (QED) is 0.562. The molecule has 34 heavy (non-hydrogen) atoms. The minimum atomic E-state index is -0.478. The topological polar surface area (TPSA) is 81.4 Å². The second-order valence-electron chi connectivity index (χ2n) is 8.93. The predicted octanol–water partition coefficient (Wildman–Crippen LogP) is 4.97. The van der Waals surface area contributed by atoms with Gasteiger partial charge < -0.3 is 10.1 Å². The Kier molecular flexibility index (Phi) is 6.37. The number of carbonyl (C=O) groups excluding carboxylic acids is 1. The number of methoxy groups -OCH3 is 1. The van der Waals surface area contributed by atoms with Crippen LogP contribution in [0.1, 0.15) is 67.3 Å². The molecule has 0 saturated heterocycles. The maximum absolute atomic E-state index is 13.1. The van der Waals surface area contributed by atoms with Gasteiger partial charge in [-0.05, 0) is 50.1 Å². The summed E-state index contributed by atoms with van der Waals surface area (Å²) in [6.07, 6.45) is 5.85. The van der Waals surface area contributed by atoms with Gasteiger partial charge in [-0.3, -0.25) is 14.4 Å². The van der Waals surface area contributed by atoms with Crippen LogP contribution in [0.4, 0.5) is 0 Å². The highest BCUT2D eigenvalue weighted by Crippen LogP contribution is 2.34. The van der Waals surface area contributed by atoms with Crippen molar-refractivity contribution in [1.82, 2.24) is 20.1 Å². The second-order valence-corrected chi connectivity index (χ2v) is 9.37. The predicted molar refractivity (Wildman–Crippen MR) is 132 cm³/mol. The van der Waals surface area contributed by atoms with Gasteiger partial charge in [-0.15, -0.1) is 10.2 Å². The van der Waals surface area contributed by atoms with E-state index in [0.29, 0.717) is 10.8 Å². The zero-order valence-corrected chi connectivity index (χ0v) is 20.2. The molecule has 1 atom stereocenters. The Labute approximate surface area is 204 Å². The summed E-state index contributed by atoms with van der Waals surface area (Å²) in [5, 5.41) is 12.7. The molecule has 1 saturated carbocycles. The van der Waals surface area contributed by atoms with E-state index in [1.807, 2.05) is 54.0 Å². The first-order valence-corrected chi connectivity index (χ1v) is 12.1. The summed E-state index contributed by atoms with van der Waals surface area (Å²) < 4.78 is 7.52. The van der Waals surface area contributed by atoms with Gasteiger partial charge in [-0.25, -0.2) is 0 Å². The highest BCUT2D eigenvalue weighted by atomic mass is 35.5. The van der Waals surface area contributed by atoms with Crippen LogP contribution in [-0.2, 0) is 4.79 Å². The fourth-order valence-electron chi connectivity index (χ4n) is 4.89. The van der Waals surface area contributed by atoms with E-state index in [2.05, 4.69) is 15.5 Å². The Morgan fingerprint density at radius 1 is 1.12 bits per heavy atom. The third kappa shape index (κ3) is 4.44. The van der Waals surface area contributed by atoms with Crippen LogP contribution in [0.15, 0.2) is 47.5 Å². The molecule has 1 aliphatic heterocycles. The molecule has 0 unspecified atom stereocenters. The van der Waals surface area contributed by atoms with E-state index in [4.69, 9.17) is 21.3 Å². The molecule has 0 spiro atoms. The minimum Gasteiger partial charge on any atom is -0.497 e. The van der Waals surface area contributed by atoms with E-state index >= 15 is 0 Å². The summed E-state index contributed by atoms with van der Waals surface area (Å²) in [7, 11) is 1.64. The van der Waals surface area contributed by atoms with Gasteiger partial charge in [0, 0.05) is 22.2 Å². The van der Waals surface area contributed by atoms with Crippen molar-refractivity contribution in [3.8, 4) is 11.4 Å². The van der Waals surface area contributed by atoms with Gasteiger partial charge in [-0.2, -0.15) is 0 Å². The number of aryl methyl sites for hydroxylation is 1. The number of halogens is 1. The highest BCUT2D eigenvalue weighted by molar-refractivity contribution is 6.30. The molecule has 2 heterocycles. The summed E-state index contributed by atoms with van der Waals surface area (Å²) in [6.45, 7) is 1.91. The van der Waals surface area contributed by atoms with Crippen molar-refractivity contribution in [2.75, 3.05) is 7.11 Å². The Bertz CT molecular complexity index is 1230. The molecular formula is C26H28ClN5O2. The standard InChI is InChI=1S/C26H28ClN5O2/c1-16-30-31-26-22(15-24(33)28-19-6-4-3-5-7-19)29-25(17-8-10-18(27)11-9-17)21-14-20(34-2)12-13-23(21)32(16)26/h8-14,19,22H,3-7,15H2,1-2H3,(H,28,33)/t22-/m0/s1. The van der Waals surface area contributed by atoms with Gasteiger partial charge in [0.1, 0.15) is 17.6 Å². The number of nitrogens with zero attached hydrogens (tertiary/aromatic N) is 4. The lowest BCUT2D eigenvalue weighted by atomic mass is 9.95. The second kappa shape index (κ2) is 9.58. The van der Waals surface area contributed by atoms with E-state index in [-0.39, 0.29) is 18.4 Å². The highest BCUT2D eigenvalue weighted by Gasteiger charge is 2.30. The van der Waals surface area contributed by atoms with Crippen molar-refractivity contribution in [3.63, 3.8) is 0 Å². The molecule has 0 radical (unpaired) electrons. The Hall–Kier alpha value is -3.19. The Morgan fingerprint density at radius 2 is 1.88 bits per heavy atom. The molecule has 1 aliphatic carbocycles. The van der Waals surface area contributed by atoms with Crippen LogP contribution in [0.25, 0.3) is 5.69 Å². The molecule has 1 fully saturated rings. The number of rotatable bonds is 5. The van der Waals surface area contributed by atoms with E-state index in [0.717, 1.165) is 59.8 Å². The number of hydrogen-bond donors (Lipinski definition) is 1. The lowest BCUT2D eigenvalue weighted by molar-refractivity contribution is -0.122. The third-order valence-corrected chi connectivity index (χ3v) is 6.85. The van der Waals surface area contributed by atoms with E-state index in [9.17, 15) is 4.79 Å². The SMILES string of the molecule is COc1ccc2c(c1)C(c1ccc(Cl)cc1)=N[C@@H](CC(=O)NC1CCCCC1)c1nnc(C)n1-2. The lowest BCUT2D eigenvalue weighted by Gasteiger charge is -2.23. The summed E-state index contributed by atoms with van der Waals surface area (Å²) in [5.41, 5.74) is 3.47. The number of nitrogens with one attached hydrogen (secondary N) is 1. The fraction of sp³-hybridized carbons (Fsp3) is 0.385. The Morgan fingerprint density at radius 3 is 2.62 bits per heavy atom.